The van der Waals surface area contributed by atoms with Gasteiger partial charge in [0, 0.05) is 30.6 Å². The van der Waals surface area contributed by atoms with Crippen molar-refractivity contribution >= 4 is 39.3 Å². The van der Waals surface area contributed by atoms with Crippen LogP contribution < -0.4 is 4.90 Å². The van der Waals surface area contributed by atoms with E-state index in [1.165, 1.54) is 23.1 Å². The van der Waals surface area contributed by atoms with E-state index < -0.39 is 0 Å². The molecule has 2 heterocycles. The third-order valence-electron chi connectivity index (χ3n) is 2.43. The van der Waals surface area contributed by atoms with Crippen molar-refractivity contribution in [2.75, 3.05) is 24.6 Å². The molecule has 98 valence electrons. The highest BCUT2D eigenvalue weighted by molar-refractivity contribution is 8.14. The zero-order valence-electron chi connectivity index (χ0n) is 10.2. The van der Waals surface area contributed by atoms with E-state index in [0.717, 1.165) is 18.2 Å². The van der Waals surface area contributed by atoms with Crippen molar-refractivity contribution in [3.05, 3.63) is 11.1 Å². The number of carbonyl (C=O) groups is 2. The molecule has 0 saturated carbocycles. The van der Waals surface area contributed by atoms with Gasteiger partial charge >= 0.3 is 5.97 Å². The first-order chi connectivity index (χ1) is 8.60. The molecule has 7 heteroatoms. The Morgan fingerprint density at radius 3 is 2.94 bits per heavy atom. The largest absolute Gasteiger partial charge is 0.461 e. The highest BCUT2D eigenvalue weighted by atomic mass is 32.2. The SMILES string of the molecule is CCOC(=O)c1csc(N2CC(SC(C)=O)C2)n1. The molecule has 0 aliphatic carbocycles. The number of thiazole rings is 1. The molecule has 0 spiro atoms. The molecule has 1 aliphatic heterocycles. The normalized spacial score (nSPS) is 15.3. The molecule has 1 aromatic heterocycles. The second-order valence-corrected chi connectivity index (χ2v) is 6.19. The molecule has 1 aromatic rings. The Morgan fingerprint density at radius 1 is 1.61 bits per heavy atom. The number of hydrogen-bond acceptors (Lipinski definition) is 7. The maximum atomic E-state index is 11.5. The van der Waals surface area contributed by atoms with Crippen molar-refractivity contribution in [3.8, 4) is 0 Å². The first-order valence-electron chi connectivity index (χ1n) is 5.65. The monoisotopic (exact) mass is 286 g/mol. The summed E-state index contributed by atoms with van der Waals surface area (Å²) in [5.41, 5.74) is 0.361. The number of aromatic nitrogens is 1. The predicted octanol–water partition coefficient (Wildman–Crippen LogP) is 1.79. The minimum Gasteiger partial charge on any atom is -0.461 e. The lowest BCUT2D eigenvalue weighted by Gasteiger charge is -2.37. The highest BCUT2D eigenvalue weighted by Gasteiger charge is 2.30. The summed E-state index contributed by atoms with van der Waals surface area (Å²) in [5, 5.41) is 3.01. The number of thioether (sulfide) groups is 1. The molecule has 1 aliphatic rings. The fourth-order valence-corrected chi connectivity index (χ4v) is 3.41. The average Bonchev–Trinajstić information content (AvgIpc) is 2.71. The summed E-state index contributed by atoms with van der Waals surface area (Å²) in [6.07, 6.45) is 0. The van der Waals surface area contributed by atoms with E-state index in [2.05, 4.69) is 9.88 Å². The van der Waals surface area contributed by atoms with Crippen LogP contribution >= 0.6 is 23.1 Å². The van der Waals surface area contributed by atoms with E-state index in [9.17, 15) is 9.59 Å². The Balaban J connectivity index is 1.89. The van der Waals surface area contributed by atoms with Gasteiger partial charge in [0.25, 0.3) is 0 Å². The van der Waals surface area contributed by atoms with Gasteiger partial charge in [-0.25, -0.2) is 9.78 Å². The van der Waals surface area contributed by atoms with Gasteiger partial charge in [-0.3, -0.25) is 4.79 Å². The number of anilines is 1. The van der Waals surface area contributed by atoms with E-state index in [0.29, 0.717) is 17.6 Å². The van der Waals surface area contributed by atoms with Crippen LogP contribution in [0.2, 0.25) is 0 Å². The summed E-state index contributed by atoms with van der Waals surface area (Å²) in [6, 6.07) is 0. The number of hydrogen-bond donors (Lipinski definition) is 0. The summed E-state index contributed by atoms with van der Waals surface area (Å²) in [4.78, 5) is 28.7. The van der Waals surface area contributed by atoms with Crippen LogP contribution in [-0.4, -0.2) is 41.0 Å². The number of nitrogens with zero attached hydrogens (tertiary/aromatic N) is 2. The van der Waals surface area contributed by atoms with Crippen LogP contribution in [-0.2, 0) is 9.53 Å². The molecule has 2 rings (SSSR count). The number of ether oxygens (including phenoxy) is 1. The first kappa shape index (κ1) is 13.4. The topological polar surface area (TPSA) is 59.5 Å². The second kappa shape index (κ2) is 5.71. The molecule has 5 nitrogen and oxygen atoms in total. The maximum Gasteiger partial charge on any atom is 0.357 e. The summed E-state index contributed by atoms with van der Waals surface area (Å²) in [7, 11) is 0. The Hall–Kier alpha value is -1.08. The molecular weight excluding hydrogens is 272 g/mol. The van der Waals surface area contributed by atoms with Crippen molar-refractivity contribution in [2.45, 2.75) is 19.1 Å². The van der Waals surface area contributed by atoms with Crippen LogP contribution in [0.4, 0.5) is 5.13 Å². The minimum atomic E-state index is -0.379. The lowest BCUT2D eigenvalue weighted by atomic mass is 10.2. The predicted molar refractivity (Wildman–Crippen MR) is 72.3 cm³/mol. The number of carbonyl (C=O) groups excluding carboxylic acids is 2. The smallest absolute Gasteiger partial charge is 0.357 e. The minimum absolute atomic E-state index is 0.144. The van der Waals surface area contributed by atoms with Crippen LogP contribution in [0.3, 0.4) is 0 Å². The van der Waals surface area contributed by atoms with Gasteiger partial charge in [0.2, 0.25) is 0 Å². The van der Waals surface area contributed by atoms with Gasteiger partial charge in [0.1, 0.15) is 0 Å². The molecule has 0 atom stereocenters. The molecule has 1 saturated heterocycles. The molecule has 18 heavy (non-hydrogen) atoms. The standard InChI is InChI=1S/C11H14N2O3S2/c1-3-16-10(15)9-6-17-11(12-9)13-4-8(5-13)18-7(2)14/h6,8H,3-5H2,1-2H3. The van der Waals surface area contributed by atoms with Crippen LogP contribution in [0.5, 0.6) is 0 Å². The summed E-state index contributed by atoms with van der Waals surface area (Å²) < 4.78 is 4.88. The van der Waals surface area contributed by atoms with Crippen molar-refractivity contribution < 1.29 is 14.3 Å². The van der Waals surface area contributed by atoms with E-state index in [1.54, 1.807) is 19.2 Å². The third-order valence-corrected chi connectivity index (χ3v) is 4.29. The van der Waals surface area contributed by atoms with Crippen LogP contribution in [0, 0.1) is 0 Å². The van der Waals surface area contributed by atoms with Gasteiger partial charge in [-0.1, -0.05) is 11.8 Å². The lowest BCUT2D eigenvalue weighted by Crippen LogP contribution is -2.49. The van der Waals surface area contributed by atoms with Crippen molar-refractivity contribution in [3.63, 3.8) is 0 Å². The molecule has 1 fully saturated rings. The Kier molecular flexibility index (Phi) is 4.23. The Labute approximate surface area is 114 Å². The molecular formula is C11H14N2O3S2. The molecule has 0 N–H and O–H groups in total. The van der Waals surface area contributed by atoms with Crippen LogP contribution in [0.25, 0.3) is 0 Å². The maximum absolute atomic E-state index is 11.5. The zero-order chi connectivity index (χ0) is 13.1. The fourth-order valence-electron chi connectivity index (χ4n) is 1.61. The van der Waals surface area contributed by atoms with Crippen molar-refractivity contribution in [1.29, 1.82) is 0 Å². The second-order valence-electron chi connectivity index (χ2n) is 3.87. The fraction of sp³-hybridized carbons (Fsp3) is 0.545. The molecule has 0 amide bonds. The van der Waals surface area contributed by atoms with E-state index in [1.807, 2.05) is 0 Å². The van der Waals surface area contributed by atoms with E-state index >= 15 is 0 Å². The van der Waals surface area contributed by atoms with Crippen LogP contribution in [0.15, 0.2) is 5.38 Å². The zero-order valence-corrected chi connectivity index (χ0v) is 11.8. The van der Waals surface area contributed by atoms with Gasteiger partial charge in [-0.15, -0.1) is 11.3 Å². The molecule has 0 bridgehead atoms. The van der Waals surface area contributed by atoms with Gasteiger partial charge < -0.3 is 9.64 Å². The highest BCUT2D eigenvalue weighted by Crippen LogP contribution is 2.30. The number of esters is 1. The van der Waals surface area contributed by atoms with Crippen molar-refractivity contribution in [2.24, 2.45) is 0 Å². The average molecular weight is 286 g/mol. The summed E-state index contributed by atoms with van der Waals surface area (Å²) in [6.45, 7) is 5.31. The van der Waals surface area contributed by atoms with Gasteiger partial charge in [0.05, 0.1) is 6.61 Å². The quantitative estimate of drug-likeness (QED) is 0.786. The first-order valence-corrected chi connectivity index (χ1v) is 7.41. The van der Waals surface area contributed by atoms with Gasteiger partial charge in [-0.05, 0) is 6.92 Å². The molecule has 0 radical (unpaired) electrons. The number of rotatable bonds is 4. The van der Waals surface area contributed by atoms with Gasteiger partial charge in [0.15, 0.2) is 15.9 Å². The third kappa shape index (κ3) is 3.02. The van der Waals surface area contributed by atoms with E-state index in [4.69, 9.17) is 4.74 Å². The van der Waals surface area contributed by atoms with Crippen LogP contribution in [0.1, 0.15) is 24.3 Å². The van der Waals surface area contributed by atoms with E-state index in [-0.39, 0.29) is 11.1 Å². The molecule has 0 aromatic carbocycles. The summed E-state index contributed by atoms with van der Waals surface area (Å²) in [5.74, 6) is -0.379. The van der Waals surface area contributed by atoms with Gasteiger partial charge in [-0.2, -0.15) is 0 Å². The van der Waals surface area contributed by atoms with Crippen molar-refractivity contribution in [1.82, 2.24) is 4.98 Å². The summed E-state index contributed by atoms with van der Waals surface area (Å²) >= 11 is 2.79. The Morgan fingerprint density at radius 2 is 2.33 bits per heavy atom. The molecule has 0 unspecified atom stereocenters. The Bertz CT molecular complexity index is 455. The lowest BCUT2D eigenvalue weighted by molar-refractivity contribution is -0.109.